The van der Waals surface area contributed by atoms with Crippen molar-refractivity contribution in [3.05, 3.63) is 117 Å². The molecule has 1 N–H and O–H groups in total. The SMILES string of the molecule is C/C=C/C(O[Si](C)(C)C(C)(C)C)C(C)(C)C(O)C/C=C\[C@H]1C[C@H]1/C=C/C=C\c1nc(C(=O)OC(C/C=C\[C@H]2C[C@H]2/C=C/C=C\c2nc(C(=O)OC)cs2)C(C)(C)C(/C=C/C)O[Si](C)(C)C(C)(C)C)cs1. The van der Waals surface area contributed by atoms with Crippen LogP contribution in [0, 0.1) is 34.5 Å². The molecule has 70 heavy (non-hydrogen) atoms. The van der Waals surface area contributed by atoms with Gasteiger partial charge >= 0.3 is 11.9 Å². The lowest BCUT2D eigenvalue weighted by atomic mass is 9.79. The number of aliphatic hydroxyl groups is 1. The third kappa shape index (κ3) is 16.7. The van der Waals surface area contributed by atoms with Gasteiger partial charge in [0.1, 0.15) is 16.1 Å². The van der Waals surface area contributed by atoms with Gasteiger partial charge in [0.25, 0.3) is 0 Å². The number of methoxy groups -OCH3 is 1. The molecule has 0 aromatic carbocycles. The summed E-state index contributed by atoms with van der Waals surface area (Å²) >= 11 is 2.82. The van der Waals surface area contributed by atoms with Crippen molar-refractivity contribution in [3.8, 4) is 0 Å². The van der Waals surface area contributed by atoms with Gasteiger partial charge in [-0.2, -0.15) is 0 Å². The number of thiazole rings is 2. The van der Waals surface area contributed by atoms with Crippen molar-refractivity contribution in [2.45, 2.75) is 169 Å². The summed E-state index contributed by atoms with van der Waals surface area (Å²) in [5, 5.41) is 16.4. The molecule has 2 fully saturated rings. The van der Waals surface area contributed by atoms with Crippen molar-refractivity contribution < 1.29 is 33.0 Å². The van der Waals surface area contributed by atoms with E-state index >= 15 is 0 Å². The predicted molar refractivity (Wildman–Crippen MR) is 299 cm³/mol. The van der Waals surface area contributed by atoms with E-state index in [1.165, 1.54) is 29.8 Å². The molecule has 0 amide bonds. The van der Waals surface area contributed by atoms with E-state index in [9.17, 15) is 14.7 Å². The standard InChI is InChI=1S/C57H86N2O7S2Si2/c1-18-26-48(65-69(14,15)54(3,4)5)56(9,10)46(60)32-24-30-42-36-40(42)28-21-23-35-51-59-45(39-68-51)53(62)64-47(57(11,12)49(27-19-2)66-70(16,17)55(6,7)8)33-25-31-43-37-41(43)29-20-22-34-50-58-44(38-67-50)52(61)63-13/h18-31,34-35,38-43,46-49,60H,32-33,36-37H2,1-17H3/b26-18+,27-19+,28-21+,29-20+,30-24-,31-25-,34-22-,35-23-/t40-,41-,42+,43+,46?,47?,48?,49?/m1/s1. The van der Waals surface area contributed by atoms with Crippen LogP contribution in [0.3, 0.4) is 0 Å². The van der Waals surface area contributed by atoms with Crippen molar-refractivity contribution in [3.63, 3.8) is 0 Å². The highest BCUT2D eigenvalue weighted by Gasteiger charge is 2.47. The quantitative estimate of drug-likeness (QED) is 0.0449. The van der Waals surface area contributed by atoms with Crippen LogP contribution in [0.2, 0.25) is 36.3 Å². The van der Waals surface area contributed by atoms with Crippen molar-refractivity contribution >= 4 is 63.4 Å². The molecular weight excluding hydrogens is 945 g/mol. The molecule has 0 spiro atoms. The Morgan fingerprint density at radius 3 is 1.50 bits per heavy atom. The number of hydrogen-bond acceptors (Lipinski definition) is 11. The molecule has 2 aliphatic rings. The molecule has 2 heterocycles. The van der Waals surface area contributed by atoms with E-state index in [1.54, 1.807) is 10.8 Å². The minimum atomic E-state index is -2.20. The zero-order valence-electron chi connectivity index (χ0n) is 45.4. The first kappa shape index (κ1) is 59.0. The average Bonchev–Trinajstić information content (AvgIpc) is 4.07. The summed E-state index contributed by atoms with van der Waals surface area (Å²) in [6, 6.07) is 0. The van der Waals surface area contributed by atoms with Gasteiger partial charge in [0, 0.05) is 28.0 Å². The lowest BCUT2D eigenvalue weighted by Gasteiger charge is -2.45. The van der Waals surface area contributed by atoms with Gasteiger partial charge in [0.05, 0.1) is 25.4 Å². The molecule has 8 atom stereocenters. The Morgan fingerprint density at radius 2 is 1.07 bits per heavy atom. The summed E-state index contributed by atoms with van der Waals surface area (Å²) < 4.78 is 25.1. The van der Waals surface area contributed by atoms with E-state index < -0.39 is 51.6 Å². The minimum absolute atomic E-state index is 0.00170. The number of rotatable bonds is 25. The summed E-state index contributed by atoms with van der Waals surface area (Å²) in [7, 11) is -2.88. The maximum Gasteiger partial charge on any atom is 0.358 e. The summed E-state index contributed by atoms with van der Waals surface area (Å²) in [6.45, 7) is 35.0. The lowest BCUT2D eigenvalue weighted by Crippen LogP contribution is -2.51. The van der Waals surface area contributed by atoms with Crippen molar-refractivity contribution in [2.75, 3.05) is 7.11 Å². The van der Waals surface area contributed by atoms with Crippen LogP contribution < -0.4 is 0 Å². The normalized spacial score (nSPS) is 21.7. The second-order valence-electron chi connectivity index (χ2n) is 23.3. The molecule has 4 rings (SSSR count). The van der Waals surface area contributed by atoms with Gasteiger partial charge in [-0.05, 0) is 105 Å². The van der Waals surface area contributed by atoms with Crippen LogP contribution in [-0.2, 0) is 18.3 Å². The Kier molecular flexibility index (Phi) is 21.0. The molecule has 0 radical (unpaired) electrons. The molecule has 386 valence electrons. The average molecular weight is 1030 g/mol. The van der Waals surface area contributed by atoms with Gasteiger partial charge in [0.2, 0.25) is 0 Å². The van der Waals surface area contributed by atoms with Gasteiger partial charge < -0.3 is 23.4 Å². The van der Waals surface area contributed by atoms with E-state index in [2.05, 4.69) is 160 Å². The molecule has 2 aliphatic carbocycles. The zero-order chi connectivity index (χ0) is 52.3. The number of aromatic nitrogens is 2. The minimum Gasteiger partial charge on any atom is -0.464 e. The number of hydrogen-bond donors (Lipinski definition) is 1. The van der Waals surface area contributed by atoms with Gasteiger partial charge in [0.15, 0.2) is 28.0 Å². The van der Waals surface area contributed by atoms with E-state index in [1.807, 2.05) is 56.4 Å². The fraction of sp³-hybridized carbons (Fsp3) is 0.579. The van der Waals surface area contributed by atoms with Crippen molar-refractivity contribution in [1.82, 2.24) is 9.97 Å². The third-order valence-electron chi connectivity index (χ3n) is 14.9. The topological polar surface area (TPSA) is 117 Å². The van der Waals surface area contributed by atoms with Crippen LogP contribution in [0.4, 0.5) is 0 Å². The Labute approximate surface area is 432 Å². The number of carbonyl (C=O) groups is 2. The monoisotopic (exact) mass is 1030 g/mol. The van der Waals surface area contributed by atoms with Crippen LogP contribution in [0.1, 0.15) is 140 Å². The molecule has 2 aromatic rings. The predicted octanol–water partition coefficient (Wildman–Crippen LogP) is 15.3. The molecular formula is C57H86N2O7S2Si2. The molecule has 0 bridgehead atoms. The van der Waals surface area contributed by atoms with Crippen LogP contribution in [0.5, 0.6) is 0 Å². The summed E-state index contributed by atoms with van der Waals surface area (Å²) in [4.78, 5) is 34.7. The van der Waals surface area contributed by atoms with E-state index in [0.717, 1.165) is 22.9 Å². The number of nitrogens with zero attached hydrogens (tertiary/aromatic N) is 2. The van der Waals surface area contributed by atoms with Crippen LogP contribution in [0.15, 0.2) is 95.8 Å². The number of allylic oxidation sites excluding steroid dienone is 10. The Bertz CT molecular complexity index is 2280. The summed E-state index contributed by atoms with van der Waals surface area (Å²) in [6.07, 6.45) is 35.2. The molecule has 0 aliphatic heterocycles. The fourth-order valence-electron chi connectivity index (χ4n) is 7.41. The molecule has 9 nitrogen and oxygen atoms in total. The van der Waals surface area contributed by atoms with Crippen molar-refractivity contribution in [2.24, 2.45) is 34.5 Å². The molecule has 13 heteroatoms. The van der Waals surface area contributed by atoms with Crippen LogP contribution >= 0.6 is 22.7 Å². The first-order valence-electron chi connectivity index (χ1n) is 25.1. The first-order valence-corrected chi connectivity index (χ1v) is 32.7. The fourth-order valence-corrected chi connectivity index (χ4v) is 11.5. The first-order chi connectivity index (χ1) is 32.6. The molecule has 4 unspecified atom stereocenters. The number of esters is 2. The largest absolute Gasteiger partial charge is 0.464 e. The smallest absolute Gasteiger partial charge is 0.358 e. The maximum absolute atomic E-state index is 13.9. The zero-order valence-corrected chi connectivity index (χ0v) is 49.1. The highest BCUT2D eigenvalue weighted by Crippen LogP contribution is 2.45. The second-order valence-corrected chi connectivity index (χ2v) is 34.6. The molecule has 0 saturated heterocycles. The van der Waals surface area contributed by atoms with Gasteiger partial charge in [-0.3, -0.25) is 0 Å². The van der Waals surface area contributed by atoms with E-state index in [-0.39, 0.29) is 22.3 Å². The number of carbonyl (C=O) groups excluding carboxylic acids is 2. The maximum atomic E-state index is 13.9. The van der Waals surface area contributed by atoms with Crippen LogP contribution in [0.25, 0.3) is 12.2 Å². The highest BCUT2D eigenvalue weighted by atomic mass is 32.1. The Hall–Kier alpha value is -3.57. The summed E-state index contributed by atoms with van der Waals surface area (Å²) in [5.41, 5.74) is -0.395. The second kappa shape index (κ2) is 24.9. The highest BCUT2D eigenvalue weighted by molar-refractivity contribution is 7.11. The van der Waals surface area contributed by atoms with Crippen LogP contribution in [-0.4, -0.2) is 75.2 Å². The van der Waals surface area contributed by atoms with Gasteiger partial charge in [-0.15, -0.1) is 22.7 Å². The van der Waals surface area contributed by atoms with E-state index in [4.69, 9.17) is 18.3 Å². The summed E-state index contributed by atoms with van der Waals surface area (Å²) in [5.74, 6) is 0.861. The number of aliphatic hydroxyl groups excluding tert-OH is 1. The Balaban J connectivity index is 1.37. The Morgan fingerprint density at radius 1 is 0.657 bits per heavy atom. The number of ether oxygens (including phenoxy) is 2. The third-order valence-corrected chi connectivity index (χ3v) is 25.4. The van der Waals surface area contributed by atoms with Gasteiger partial charge in [-0.1, -0.05) is 154 Å². The molecule has 2 aromatic heterocycles. The molecule has 2 saturated carbocycles. The lowest BCUT2D eigenvalue weighted by molar-refractivity contribution is -0.0420. The van der Waals surface area contributed by atoms with Gasteiger partial charge in [-0.25, -0.2) is 19.6 Å². The van der Waals surface area contributed by atoms with E-state index in [0.29, 0.717) is 47.9 Å². The van der Waals surface area contributed by atoms with Crippen molar-refractivity contribution in [1.29, 1.82) is 0 Å².